The number of imidazole rings is 1. The summed E-state index contributed by atoms with van der Waals surface area (Å²) in [5.41, 5.74) is 5.51. The van der Waals surface area contributed by atoms with E-state index in [0.29, 0.717) is 11.2 Å². The number of nitrogens with two attached hydrogens (primary N) is 1. The Kier molecular flexibility index (Phi) is 6.84. The Morgan fingerprint density at radius 3 is 2.46 bits per heavy atom. The molecule has 13 heteroatoms. The van der Waals surface area contributed by atoms with Crippen LogP contribution in [-0.4, -0.2) is 73.9 Å². The van der Waals surface area contributed by atoms with Crippen LogP contribution in [-0.2, 0) is 28.5 Å². The number of ether oxygens (including phenoxy) is 5. The number of nitrogens with one attached hydrogen (secondary N) is 1. The topological polar surface area (TPSA) is 162 Å². The largest absolute Gasteiger partial charge is 0.461 e. The third-order valence-corrected chi connectivity index (χ3v) is 5.94. The smallest absolute Gasteiger partial charge is 0.408 e. The van der Waals surface area contributed by atoms with Crippen LogP contribution in [0.5, 0.6) is 0 Å². The molecule has 5 atom stereocenters. The number of hydrogen-bond acceptors (Lipinski definition) is 11. The minimum atomic E-state index is -0.954. The number of nitrogen functional groups attached to an aromatic ring is 1. The maximum absolute atomic E-state index is 13.1. The van der Waals surface area contributed by atoms with Crippen molar-refractivity contribution in [1.29, 1.82) is 0 Å². The van der Waals surface area contributed by atoms with E-state index in [4.69, 9.17) is 29.4 Å². The van der Waals surface area contributed by atoms with Crippen molar-refractivity contribution in [2.24, 2.45) is 5.41 Å². The number of carbonyl (C=O) groups is 2. The Morgan fingerprint density at radius 2 is 1.81 bits per heavy atom. The third kappa shape index (κ3) is 5.78. The van der Waals surface area contributed by atoms with Crippen LogP contribution in [0.4, 0.5) is 10.6 Å². The van der Waals surface area contributed by atoms with Crippen LogP contribution in [0.25, 0.3) is 11.2 Å². The van der Waals surface area contributed by atoms with Gasteiger partial charge in [-0.15, -0.1) is 0 Å². The van der Waals surface area contributed by atoms with Gasteiger partial charge in [0.15, 0.2) is 23.5 Å². The third-order valence-electron chi connectivity index (χ3n) is 5.94. The maximum Gasteiger partial charge on any atom is 0.408 e. The molecule has 2 aliphatic heterocycles. The number of alkyl carbamates (subject to hydrolysis) is 1. The Labute approximate surface area is 215 Å². The van der Waals surface area contributed by atoms with Crippen LogP contribution in [0.1, 0.15) is 61.6 Å². The Morgan fingerprint density at radius 1 is 1.14 bits per heavy atom. The fourth-order valence-corrected chi connectivity index (χ4v) is 4.38. The van der Waals surface area contributed by atoms with E-state index in [1.54, 1.807) is 45.5 Å². The number of esters is 1. The number of fused-ring (bicyclic) bond motifs is 2. The van der Waals surface area contributed by atoms with Gasteiger partial charge in [0.05, 0.1) is 6.33 Å². The van der Waals surface area contributed by atoms with Gasteiger partial charge in [0.2, 0.25) is 0 Å². The Bertz CT molecular complexity index is 1170. The number of amides is 1. The van der Waals surface area contributed by atoms with Gasteiger partial charge >= 0.3 is 12.1 Å². The number of aromatic nitrogens is 4. The summed E-state index contributed by atoms with van der Waals surface area (Å²) >= 11 is 0. The Hall–Kier alpha value is -3.03. The Balaban J connectivity index is 1.50. The molecule has 2 aromatic heterocycles. The van der Waals surface area contributed by atoms with Crippen molar-refractivity contribution in [3.63, 3.8) is 0 Å². The number of hydrogen-bond donors (Lipinski definition) is 2. The van der Waals surface area contributed by atoms with Crippen molar-refractivity contribution in [1.82, 2.24) is 24.8 Å². The van der Waals surface area contributed by atoms with Gasteiger partial charge in [0.25, 0.3) is 0 Å². The van der Waals surface area contributed by atoms with Crippen molar-refractivity contribution in [3.05, 3.63) is 12.7 Å². The summed E-state index contributed by atoms with van der Waals surface area (Å²) in [4.78, 5) is 38.1. The second-order valence-corrected chi connectivity index (χ2v) is 11.8. The van der Waals surface area contributed by atoms with E-state index in [9.17, 15) is 9.59 Å². The van der Waals surface area contributed by atoms with E-state index in [1.165, 1.54) is 6.33 Å². The maximum atomic E-state index is 13.1. The molecule has 13 nitrogen and oxygen atoms in total. The molecule has 0 spiro atoms. The first-order chi connectivity index (χ1) is 17.1. The van der Waals surface area contributed by atoms with Crippen molar-refractivity contribution in [2.75, 3.05) is 12.3 Å². The second-order valence-electron chi connectivity index (χ2n) is 11.8. The summed E-state index contributed by atoms with van der Waals surface area (Å²) in [5.74, 6) is -1.25. The van der Waals surface area contributed by atoms with Crippen LogP contribution >= 0.6 is 0 Å². The molecule has 0 saturated carbocycles. The minimum absolute atomic E-state index is 0.123. The summed E-state index contributed by atoms with van der Waals surface area (Å²) in [7, 11) is 0. The lowest BCUT2D eigenvalue weighted by Gasteiger charge is -2.31. The lowest BCUT2D eigenvalue weighted by Crippen LogP contribution is -2.51. The van der Waals surface area contributed by atoms with Gasteiger partial charge in [-0.25, -0.2) is 24.5 Å². The van der Waals surface area contributed by atoms with Gasteiger partial charge in [-0.05, 0) is 40.0 Å². The summed E-state index contributed by atoms with van der Waals surface area (Å²) in [6, 6.07) is -0.954. The highest BCUT2D eigenvalue weighted by molar-refractivity contribution is 5.82. The highest BCUT2D eigenvalue weighted by Gasteiger charge is 2.56. The van der Waals surface area contributed by atoms with Gasteiger partial charge < -0.3 is 34.7 Å². The first-order valence-electron chi connectivity index (χ1n) is 12.2. The molecule has 2 fully saturated rings. The zero-order valence-electron chi connectivity index (χ0n) is 22.5. The van der Waals surface area contributed by atoms with Crippen molar-refractivity contribution >= 4 is 29.0 Å². The number of carbonyl (C=O) groups excluding carboxylic acids is 2. The zero-order valence-corrected chi connectivity index (χ0v) is 22.5. The molecular weight excluding hydrogens is 484 g/mol. The summed E-state index contributed by atoms with van der Waals surface area (Å²) in [6.45, 7) is 14.2. The molecule has 0 aromatic carbocycles. The fraction of sp³-hybridized carbons (Fsp3) is 0.708. The standard InChI is InChI=1S/C24H36N6O7/c1-22(2,3)16(29-21(32)37-23(4,5)6)20(31)33-9-12-14-15(36-24(7,8)35-14)19(34-12)30-11-28-13-17(25)26-10-27-18(13)30/h10-12,14-16,19H,9H2,1-8H3,(H,29,32)(H2,25,26,27)/t12-,14-,15-,16-,19-/m1/s1. The predicted octanol–water partition coefficient (Wildman–Crippen LogP) is 2.31. The van der Waals surface area contributed by atoms with Crippen molar-refractivity contribution in [3.8, 4) is 0 Å². The molecular formula is C24H36N6O7. The molecule has 3 N–H and O–H groups in total. The zero-order chi connectivity index (χ0) is 27.3. The van der Waals surface area contributed by atoms with E-state index < -0.39 is 59.4 Å². The first kappa shape index (κ1) is 27.0. The number of anilines is 1. The molecule has 0 aliphatic carbocycles. The minimum Gasteiger partial charge on any atom is -0.461 e. The van der Waals surface area contributed by atoms with E-state index in [-0.39, 0.29) is 12.4 Å². The summed E-state index contributed by atoms with van der Waals surface area (Å²) in [5, 5.41) is 2.63. The van der Waals surface area contributed by atoms with E-state index in [0.717, 1.165) is 0 Å². The highest BCUT2D eigenvalue weighted by Crippen LogP contribution is 2.44. The molecule has 4 heterocycles. The molecule has 2 aliphatic rings. The van der Waals surface area contributed by atoms with Crippen LogP contribution in [0.15, 0.2) is 12.7 Å². The normalized spacial score (nSPS) is 26.1. The van der Waals surface area contributed by atoms with E-state index in [1.807, 2.05) is 20.8 Å². The molecule has 2 aromatic rings. The lowest BCUT2D eigenvalue weighted by molar-refractivity contribution is -0.202. The molecule has 4 rings (SSSR count). The number of nitrogens with zero attached hydrogens (tertiary/aromatic N) is 4. The quantitative estimate of drug-likeness (QED) is 0.556. The second kappa shape index (κ2) is 9.37. The lowest BCUT2D eigenvalue weighted by atomic mass is 9.87. The molecule has 0 radical (unpaired) electrons. The van der Waals surface area contributed by atoms with Crippen molar-refractivity contribution < 1.29 is 33.3 Å². The monoisotopic (exact) mass is 520 g/mol. The van der Waals surface area contributed by atoms with Crippen molar-refractivity contribution in [2.45, 2.75) is 97.4 Å². The molecule has 2 saturated heterocycles. The van der Waals surface area contributed by atoms with Gasteiger partial charge in [-0.2, -0.15) is 0 Å². The average molecular weight is 521 g/mol. The molecule has 204 valence electrons. The molecule has 0 bridgehead atoms. The summed E-state index contributed by atoms with van der Waals surface area (Å²) < 4.78 is 31.2. The molecule has 37 heavy (non-hydrogen) atoms. The van der Waals surface area contributed by atoms with Gasteiger partial charge in [0.1, 0.15) is 48.4 Å². The van der Waals surface area contributed by atoms with Crippen LogP contribution < -0.4 is 11.1 Å². The van der Waals surface area contributed by atoms with Gasteiger partial charge in [0, 0.05) is 0 Å². The van der Waals surface area contributed by atoms with Crippen LogP contribution in [0, 0.1) is 5.41 Å². The molecule has 1 amide bonds. The summed E-state index contributed by atoms with van der Waals surface area (Å²) in [6.07, 6.45) is -0.165. The first-order valence-corrected chi connectivity index (χ1v) is 12.2. The van der Waals surface area contributed by atoms with E-state index in [2.05, 4.69) is 20.3 Å². The SMILES string of the molecule is CC(C)(C)OC(=O)N[C@H](C(=O)OC[C@H]1O[C@@H](n2cnc3c(N)ncnc32)[C@@H]2OC(C)(C)O[C@@H]21)C(C)(C)C. The van der Waals surface area contributed by atoms with Gasteiger partial charge in [-0.3, -0.25) is 4.57 Å². The van der Waals surface area contributed by atoms with Gasteiger partial charge in [-0.1, -0.05) is 20.8 Å². The number of rotatable bonds is 5. The molecule has 0 unspecified atom stereocenters. The van der Waals surface area contributed by atoms with Crippen LogP contribution in [0.2, 0.25) is 0 Å². The highest BCUT2D eigenvalue weighted by atomic mass is 16.8. The van der Waals surface area contributed by atoms with Crippen LogP contribution in [0.3, 0.4) is 0 Å². The fourth-order valence-electron chi connectivity index (χ4n) is 4.38. The predicted molar refractivity (Wildman–Crippen MR) is 131 cm³/mol. The van der Waals surface area contributed by atoms with E-state index >= 15 is 0 Å². The average Bonchev–Trinajstić information content (AvgIpc) is 3.40.